The molecule has 0 fully saturated rings. The van der Waals surface area contributed by atoms with Gasteiger partial charge in [-0.25, -0.2) is 0 Å². The van der Waals surface area contributed by atoms with E-state index in [4.69, 9.17) is 0 Å². The molecule has 4 nitrogen and oxygen atoms in total. The summed E-state index contributed by atoms with van der Waals surface area (Å²) in [6, 6.07) is 9.98. The Hall–Kier alpha value is -2.83. The van der Waals surface area contributed by atoms with E-state index in [-0.39, 0.29) is 12.2 Å². The molecule has 1 N–H and O–H groups in total. The fraction of sp³-hybridized carbons (Fsp3) is 0.300. The number of rotatable bonds is 5. The molecule has 7 heteroatoms. The summed E-state index contributed by atoms with van der Waals surface area (Å²) in [5, 5.41) is 2.77. The van der Waals surface area contributed by atoms with Gasteiger partial charge in [0.1, 0.15) is 6.54 Å². The molecule has 0 radical (unpaired) electrons. The maximum absolute atomic E-state index is 12.9. The van der Waals surface area contributed by atoms with Gasteiger partial charge in [0.15, 0.2) is 0 Å². The number of para-hydroxylation sites is 1. The first kappa shape index (κ1) is 20.5. The summed E-state index contributed by atoms with van der Waals surface area (Å²) in [7, 11) is 0. The molecule has 0 bridgehead atoms. The highest BCUT2D eigenvalue weighted by molar-refractivity contribution is 6.02. The first-order valence-corrected chi connectivity index (χ1v) is 8.47. The van der Waals surface area contributed by atoms with Crippen LogP contribution in [0.2, 0.25) is 0 Å². The number of aryl methyl sites for hydroxylation is 2. The van der Waals surface area contributed by atoms with Crippen molar-refractivity contribution < 1.29 is 22.8 Å². The minimum atomic E-state index is -4.53. The minimum Gasteiger partial charge on any atom is -0.324 e. The van der Waals surface area contributed by atoms with E-state index in [0.717, 1.165) is 28.2 Å². The molecule has 144 valence electrons. The summed E-state index contributed by atoms with van der Waals surface area (Å²) >= 11 is 0. The maximum atomic E-state index is 12.9. The number of anilines is 2. The molecule has 0 atom stereocenters. The van der Waals surface area contributed by atoms with Crippen LogP contribution in [0.1, 0.15) is 30.5 Å². The van der Waals surface area contributed by atoms with Crippen molar-refractivity contribution in [2.24, 2.45) is 0 Å². The van der Waals surface area contributed by atoms with Crippen LogP contribution >= 0.6 is 0 Å². The highest BCUT2D eigenvalue weighted by Gasteiger charge is 2.31. The number of carbonyl (C=O) groups is 2. The van der Waals surface area contributed by atoms with Gasteiger partial charge in [0, 0.05) is 18.3 Å². The van der Waals surface area contributed by atoms with Crippen LogP contribution in [-0.2, 0) is 22.2 Å². The Morgan fingerprint density at radius 3 is 2.37 bits per heavy atom. The fourth-order valence-corrected chi connectivity index (χ4v) is 2.76. The topological polar surface area (TPSA) is 49.4 Å². The van der Waals surface area contributed by atoms with Crippen molar-refractivity contribution in [1.29, 1.82) is 0 Å². The smallest absolute Gasteiger partial charge is 0.324 e. The van der Waals surface area contributed by atoms with Gasteiger partial charge in [-0.2, -0.15) is 13.2 Å². The summed E-state index contributed by atoms with van der Waals surface area (Å²) in [6.45, 7) is 4.63. The number of benzene rings is 2. The third-order valence-electron chi connectivity index (χ3n) is 4.17. The standard InChI is InChI=1S/C20H21F3N2O2/c1-4-15-8-5-7-13(2)19(15)24-18(27)12-25(14(3)26)17-10-6-9-16(11-17)20(21,22)23/h5-11H,4,12H2,1-3H3,(H,24,27). The molecular weight excluding hydrogens is 357 g/mol. The van der Waals surface area contributed by atoms with Gasteiger partial charge < -0.3 is 10.2 Å². The number of amides is 2. The van der Waals surface area contributed by atoms with Gasteiger partial charge in [-0.15, -0.1) is 0 Å². The first-order valence-electron chi connectivity index (χ1n) is 8.47. The first-order chi connectivity index (χ1) is 12.6. The van der Waals surface area contributed by atoms with Crippen LogP contribution in [-0.4, -0.2) is 18.4 Å². The highest BCUT2D eigenvalue weighted by Crippen LogP contribution is 2.31. The van der Waals surface area contributed by atoms with Crippen molar-refractivity contribution in [3.8, 4) is 0 Å². The summed E-state index contributed by atoms with van der Waals surface area (Å²) in [6.07, 6.45) is -3.82. The number of carbonyl (C=O) groups excluding carboxylic acids is 2. The molecule has 2 amide bonds. The second-order valence-electron chi connectivity index (χ2n) is 6.16. The molecule has 0 unspecified atom stereocenters. The summed E-state index contributed by atoms with van der Waals surface area (Å²) in [5.74, 6) is -1.00. The summed E-state index contributed by atoms with van der Waals surface area (Å²) in [5.41, 5.74) is 1.62. The average molecular weight is 378 g/mol. The Morgan fingerprint density at radius 2 is 1.78 bits per heavy atom. The quantitative estimate of drug-likeness (QED) is 0.829. The normalized spacial score (nSPS) is 11.2. The van der Waals surface area contributed by atoms with Crippen LogP contribution in [0.25, 0.3) is 0 Å². The molecule has 0 saturated heterocycles. The van der Waals surface area contributed by atoms with Crippen molar-refractivity contribution in [3.05, 3.63) is 59.2 Å². The Balaban J connectivity index is 2.25. The Labute approximate surface area is 156 Å². The Kier molecular flexibility index (Phi) is 6.25. The van der Waals surface area contributed by atoms with Crippen LogP contribution < -0.4 is 10.2 Å². The van der Waals surface area contributed by atoms with E-state index in [9.17, 15) is 22.8 Å². The second-order valence-corrected chi connectivity index (χ2v) is 6.16. The van der Waals surface area contributed by atoms with E-state index < -0.39 is 23.6 Å². The minimum absolute atomic E-state index is 0.0213. The second kappa shape index (κ2) is 8.24. The Bertz CT molecular complexity index is 847. The van der Waals surface area contributed by atoms with E-state index in [1.54, 1.807) is 0 Å². The molecule has 0 heterocycles. The molecule has 0 aliphatic heterocycles. The zero-order valence-corrected chi connectivity index (χ0v) is 15.4. The highest BCUT2D eigenvalue weighted by atomic mass is 19.4. The molecule has 2 aromatic rings. The van der Waals surface area contributed by atoms with E-state index in [1.165, 1.54) is 19.1 Å². The third-order valence-corrected chi connectivity index (χ3v) is 4.17. The van der Waals surface area contributed by atoms with Gasteiger partial charge in [-0.1, -0.05) is 31.2 Å². The van der Waals surface area contributed by atoms with Crippen molar-refractivity contribution in [2.45, 2.75) is 33.4 Å². The summed E-state index contributed by atoms with van der Waals surface area (Å²) in [4.78, 5) is 25.4. The molecule has 0 aromatic heterocycles. The van der Waals surface area contributed by atoms with Crippen molar-refractivity contribution in [1.82, 2.24) is 0 Å². The SMILES string of the molecule is CCc1cccc(C)c1NC(=O)CN(C(C)=O)c1cccc(C(F)(F)F)c1. The number of hydrogen-bond acceptors (Lipinski definition) is 2. The molecule has 0 aliphatic rings. The number of alkyl halides is 3. The number of nitrogens with zero attached hydrogens (tertiary/aromatic N) is 1. The maximum Gasteiger partial charge on any atom is 0.416 e. The van der Waals surface area contributed by atoms with Crippen LogP contribution in [0, 0.1) is 6.92 Å². The zero-order valence-electron chi connectivity index (χ0n) is 15.4. The average Bonchev–Trinajstić information content (AvgIpc) is 2.60. The van der Waals surface area contributed by atoms with E-state index in [2.05, 4.69) is 5.32 Å². The Morgan fingerprint density at radius 1 is 1.11 bits per heavy atom. The van der Waals surface area contributed by atoms with Crippen LogP contribution in [0.3, 0.4) is 0 Å². The fourth-order valence-electron chi connectivity index (χ4n) is 2.76. The van der Waals surface area contributed by atoms with Crippen LogP contribution in [0.4, 0.5) is 24.5 Å². The lowest BCUT2D eigenvalue weighted by molar-refractivity contribution is -0.137. The molecule has 2 aromatic carbocycles. The molecular formula is C20H21F3N2O2. The number of nitrogens with one attached hydrogen (secondary N) is 1. The van der Waals surface area contributed by atoms with Crippen molar-refractivity contribution >= 4 is 23.2 Å². The van der Waals surface area contributed by atoms with Crippen LogP contribution in [0.15, 0.2) is 42.5 Å². The lowest BCUT2D eigenvalue weighted by Crippen LogP contribution is -2.37. The zero-order chi connectivity index (χ0) is 20.2. The van der Waals surface area contributed by atoms with Crippen LogP contribution in [0.5, 0.6) is 0 Å². The molecule has 27 heavy (non-hydrogen) atoms. The van der Waals surface area contributed by atoms with Crippen molar-refractivity contribution in [2.75, 3.05) is 16.8 Å². The van der Waals surface area contributed by atoms with Gasteiger partial charge in [0.2, 0.25) is 11.8 Å². The lowest BCUT2D eigenvalue weighted by atomic mass is 10.1. The van der Waals surface area contributed by atoms with Crippen molar-refractivity contribution in [3.63, 3.8) is 0 Å². The van der Waals surface area contributed by atoms with E-state index in [0.29, 0.717) is 12.1 Å². The predicted molar refractivity (Wildman–Crippen MR) is 98.7 cm³/mol. The molecule has 0 spiro atoms. The van der Waals surface area contributed by atoms with Gasteiger partial charge in [-0.3, -0.25) is 9.59 Å². The van der Waals surface area contributed by atoms with Gasteiger partial charge in [0.25, 0.3) is 0 Å². The molecule has 0 aliphatic carbocycles. The number of hydrogen-bond donors (Lipinski definition) is 1. The van der Waals surface area contributed by atoms with E-state index >= 15 is 0 Å². The number of halogens is 3. The van der Waals surface area contributed by atoms with Gasteiger partial charge >= 0.3 is 6.18 Å². The van der Waals surface area contributed by atoms with Gasteiger partial charge in [0.05, 0.1) is 5.56 Å². The molecule has 0 saturated carbocycles. The summed E-state index contributed by atoms with van der Waals surface area (Å²) < 4.78 is 38.8. The van der Waals surface area contributed by atoms with Gasteiger partial charge in [-0.05, 0) is 42.7 Å². The predicted octanol–water partition coefficient (Wildman–Crippen LogP) is 4.57. The van der Waals surface area contributed by atoms with E-state index in [1.807, 2.05) is 32.0 Å². The monoisotopic (exact) mass is 378 g/mol. The third kappa shape index (κ3) is 5.09. The lowest BCUT2D eigenvalue weighted by Gasteiger charge is -2.22. The molecule has 2 rings (SSSR count). The largest absolute Gasteiger partial charge is 0.416 e.